The maximum Gasteiger partial charge on any atom is 0.338 e. The fourth-order valence-electron chi connectivity index (χ4n) is 4.40. The molecular weight excluding hydrogens is 536 g/mol. The number of imide groups is 1. The van der Waals surface area contributed by atoms with Gasteiger partial charge in [-0.1, -0.05) is 17.9 Å². The standard InChI is InChI=1S/C32H36N4O6/c1-21-19-22(2)35-17-14-25(28(35)33-21)29(39)34-24-11-7-9-23(20-24)10-8-15-32(5,6)41-18-16-31(3,4)30(40)42-36-26(37)12-13-27(36)38/h7,9,11,14,17,19-20H,12-13,15-16,18H2,1-6H3,(H,34,39). The number of carbonyl (C=O) groups is 4. The SMILES string of the molecule is Cc1cc(C)n2ccc(C(=O)Nc3cccc(C#CCC(C)(C)OCCC(C)(C)C(=O)ON4C(=O)CCC4=O)c3)c2n1. The first-order chi connectivity index (χ1) is 19.8. The van der Waals surface area contributed by atoms with Gasteiger partial charge in [0.25, 0.3) is 17.7 Å². The lowest BCUT2D eigenvalue weighted by Gasteiger charge is -2.27. The van der Waals surface area contributed by atoms with Crippen molar-refractivity contribution in [2.24, 2.45) is 5.41 Å². The molecule has 220 valence electrons. The molecule has 0 radical (unpaired) electrons. The molecule has 1 aliphatic heterocycles. The Balaban J connectivity index is 1.30. The molecule has 2 aromatic heterocycles. The van der Waals surface area contributed by atoms with Crippen LogP contribution in [0, 0.1) is 31.1 Å². The minimum Gasteiger partial charge on any atom is -0.375 e. The molecule has 0 aliphatic carbocycles. The predicted octanol–water partition coefficient (Wildman–Crippen LogP) is 4.76. The van der Waals surface area contributed by atoms with Crippen LogP contribution in [-0.2, 0) is 24.0 Å². The number of amides is 3. The van der Waals surface area contributed by atoms with Gasteiger partial charge in [0.05, 0.1) is 16.6 Å². The quantitative estimate of drug-likeness (QED) is 0.290. The average Bonchev–Trinajstić information content (AvgIpc) is 3.47. The number of ether oxygens (including phenoxy) is 1. The zero-order valence-corrected chi connectivity index (χ0v) is 24.9. The number of hydrogen-bond donors (Lipinski definition) is 1. The minimum absolute atomic E-state index is 0.0480. The number of fused-ring (bicyclic) bond motifs is 1. The van der Waals surface area contributed by atoms with Gasteiger partial charge < -0.3 is 19.3 Å². The molecule has 0 spiro atoms. The number of nitrogens with one attached hydrogen (secondary N) is 1. The van der Waals surface area contributed by atoms with Crippen molar-refractivity contribution in [3.8, 4) is 11.8 Å². The van der Waals surface area contributed by atoms with Crippen molar-refractivity contribution in [2.45, 2.75) is 72.8 Å². The largest absolute Gasteiger partial charge is 0.375 e. The van der Waals surface area contributed by atoms with E-state index in [9.17, 15) is 19.2 Å². The Hall–Kier alpha value is -4.49. The van der Waals surface area contributed by atoms with Crippen molar-refractivity contribution in [1.82, 2.24) is 14.4 Å². The second kappa shape index (κ2) is 12.2. The van der Waals surface area contributed by atoms with E-state index in [1.807, 2.05) is 62.6 Å². The summed E-state index contributed by atoms with van der Waals surface area (Å²) in [6.07, 6.45) is 2.68. The summed E-state index contributed by atoms with van der Waals surface area (Å²) in [4.78, 5) is 58.7. The van der Waals surface area contributed by atoms with Crippen LogP contribution in [0.5, 0.6) is 0 Å². The third-order valence-corrected chi connectivity index (χ3v) is 7.00. The van der Waals surface area contributed by atoms with Gasteiger partial charge in [-0.2, -0.15) is 0 Å². The smallest absolute Gasteiger partial charge is 0.338 e. The Morgan fingerprint density at radius 3 is 2.48 bits per heavy atom. The number of hydroxylamine groups is 2. The van der Waals surface area contributed by atoms with E-state index in [1.54, 1.807) is 26.0 Å². The first kappa shape index (κ1) is 30.5. The molecule has 0 atom stereocenters. The highest BCUT2D eigenvalue weighted by atomic mass is 16.7. The van der Waals surface area contributed by atoms with Gasteiger partial charge in [-0.25, -0.2) is 9.78 Å². The van der Waals surface area contributed by atoms with Gasteiger partial charge in [-0.3, -0.25) is 14.4 Å². The van der Waals surface area contributed by atoms with Crippen molar-refractivity contribution >= 4 is 35.0 Å². The van der Waals surface area contributed by atoms with Crippen LogP contribution in [-0.4, -0.2) is 50.3 Å². The lowest BCUT2D eigenvalue weighted by molar-refractivity contribution is -0.205. The number of benzene rings is 1. The van der Waals surface area contributed by atoms with Crippen LogP contribution in [0.2, 0.25) is 0 Å². The van der Waals surface area contributed by atoms with Crippen LogP contribution in [0.1, 0.15) is 80.7 Å². The maximum atomic E-state index is 13.0. The average molecular weight is 573 g/mol. The van der Waals surface area contributed by atoms with Gasteiger partial charge in [0.15, 0.2) is 0 Å². The Morgan fingerprint density at radius 2 is 1.76 bits per heavy atom. The van der Waals surface area contributed by atoms with Crippen LogP contribution < -0.4 is 5.32 Å². The van der Waals surface area contributed by atoms with E-state index in [0.29, 0.717) is 34.8 Å². The van der Waals surface area contributed by atoms with Crippen LogP contribution in [0.15, 0.2) is 42.6 Å². The molecule has 0 bridgehead atoms. The fourth-order valence-corrected chi connectivity index (χ4v) is 4.40. The van der Waals surface area contributed by atoms with Crippen LogP contribution in [0.4, 0.5) is 5.69 Å². The molecule has 1 N–H and O–H groups in total. The molecule has 1 aliphatic rings. The molecule has 0 saturated carbocycles. The summed E-state index contributed by atoms with van der Waals surface area (Å²) < 4.78 is 7.90. The molecule has 42 heavy (non-hydrogen) atoms. The highest BCUT2D eigenvalue weighted by molar-refractivity contribution is 6.08. The monoisotopic (exact) mass is 572 g/mol. The van der Waals surface area contributed by atoms with E-state index in [-0.39, 0.29) is 25.4 Å². The zero-order valence-electron chi connectivity index (χ0n) is 24.9. The summed E-state index contributed by atoms with van der Waals surface area (Å²) in [7, 11) is 0. The second-order valence-electron chi connectivity index (χ2n) is 11.7. The van der Waals surface area contributed by atoms with Gasteiger partial charge in [-0.15, -0.1) is 5.06 Å². The lowest BCUT2D eigenvalue weighted by atomic mass is 9.90. The molecule has 4 rings (SSSR count). The number of hydrogen-bond acceptors (Lipinski definition) is 7. The Bertz CT molecular complexity index is 1590. The number of carbonyl (C=O) groups excluding carboxylic acids is 4. The molecule has 0 unspecified atom stereocenters. The van der Waals surface area contributed by atoms with Crippen molar-refractivity contribution in [3.63, 3.8) is 0 Å². The van der Waals surface area contributed by atoms with Gasteiger partial charge in [0.1, 0.15) is 5.65 Å². The Morgan fingerprint density at radius 1 is 1.05 bits per heavy atom. The van der Waals surface area contributed by atoms with Crippen molar-refractivity contribution in [2.75, 3.05) is 11.9 Å². The first-order valence-corrected chi connectivity index (χ1v) is 13.8. The van der Waals surface area contributed by atoms with Gasteiger partial charge in [0, 0.05) is 54.7 Å². The van der Waals surface area contributed by atoms with E-state index in [2.05, 4.69) is 22.1 Å². The normalized spacial score (nSPS) is 13.7. The van der Waals surface area contributed by atoms with Gasteiger partial charge >= 0.3 is 5.97 Å². The van der Waals surface area contributed by atoms with Crippen LogP contribution in [0.3, 0.4) is 0 Å². The zero-order chi connectivity index (χ0) is 30.7. The summed E-state index contributed by atoms with van der Waals surface area (Å²) in [6, 6.07) is 11.0. The minimum atomic E-state index is -0.961. The van der Waals surface area contributed by atoms with Crippen LogP contribution in [0.25, 0.3) is 5.65 Å². The van der Waals surface area contributed by atoms with Crippen molar-refractivity contribution in [3.05, 3.63) is 65.1 Å². The number of aromatic nitrogens is 2. The van der Waals surface area contributed by atoms with E-state index < -0.39 is 28.8 Å². The third kappa shape index (κ3) is 7.22. The molecule has 1 saturated heterocycles. The van der Waals surface area contributed by atoms with Gasteiger partial charge in [0.2, 0.25) is 0 Å². The Kier molecular flexibility index (Phi) is 8.83. The summed E-state index contributed by atoms with van der Waals surface area (Å²) >= 11 is 0. The van der Waals surface area contributed by atoms with Crippen LogP contribution >= 0.6 is 0 Å². The number of nitrogens with zero attached hydrogens (tertiary/aromatic N) is 3. The molecule has 10 nitrogen and oxygen atoms in total. The highest BCUT2D eigenvalue weighted by Gasteiger charge is 2.38. The summed E-state index contributed by atoms with van der Waals surface area (Å²) in [5.41, 5.74) is 2.75. The molecular formula is C32H36N4O6. The summed E-state index contributed by atoms with van der Waals surface area (Å²) in [6.45, 7) is 11.3. The lowest BCUT2D eigenvalue weighted by Crippen LogP contribution is -2.38. The molecule has 3 heterocycles. The van der Waals surface area contributed by atoms with Gasteiger partial charge in [-0.05, 0) is 78.3 Å². The number of aryl methyl sites for hydroxylation is 2. The number of rotatable bonds is 9. The summed E-state index contributed by atoms with van der Waals surface area (Å²) in [5, 5.41) is 3.50. The van der Waals surface area contributed by atoms with Crippen molar-refractivity contribution in [1.29, 1.82) is 0 Å². The van der Waals surface area contributed by atoms with E-state index >= 15 is 0 Å². The molecule has 1 aromatic carbocycles. The second-order valence-corrected chi connectivity index (χ2v) is 11.7. The first-order valence-electron chi connectivity index (χ1n) is 13.8. The third-order valence-electron chi connectivity index (χ3n) is 7.00. The molecule has 3 amide bonds. The predicted molar refractivity (Wildman–Crippen MR) is 156 cm³/mol. The van der Waals surface area contributed by atoms with E-state index in [1.165, 1.54) is 0 Å². The molecule has 10 heteroatoms. The molecule has 3 aromatic rings. The van der Waals surface area contributed by atoms with Crippen molar-refractivity contribution < 1.29 is 28.8 Å². The number of anilines is 1. The molecule has 1 fully saturated rings. The Labute approximate surface area is 245 Å². The summed E-state index contributed by atoms with van der Waals surface area (Å²) in [5.74, 6) is 4.34. The van der Waals surface area contributed by atoms with E-state index in [4.69, 9.17) is 9.57 Å². The highest BCUT2D eigenvalue weighted by Crippen LogP contribution is 2.26. The van der Waals surface area contributed by atoms with E-state index in [0.717, 1.165) is 17.0 Å². The fraction of sp³-hybridized carbons (Fsp3) is 0.406. The maximum absolute atomic E-state index is 13.0. The topological polar surface area (TPSA) is 119 Å².